The van der Waals surface area contributed by atoms with Crippen LogP contribution in [0.4, 0.5) is 0 Å². The van der Waals surface area contributed by atoms with Crippen molar-refractivity contribution in [1.29, 1.82) is 0 Å². The average Bonchev–Trinajstić information content (AvgIpc) is 2.37. The fraction of sp³-hybridized carbons (Fsp3) is 0.917. The van der Waals surface area contributed by atoms with Gasteiger partial charge in [0, 0.05) is 18.2 Å². The van der Waals surface area contributed by atoms with Crippen LogP contribution < -0.4 is 10.6 Å². The Hall–Kier alpha value is -0.260. The monoisotopic (exact) mass is 260 g/mol. The number of ether oxygens (including phenoxy) is 1. The molecule has 1 amide bonds. The highest BCUT2D eigenvalue weighted by molar-refractivity contribution is 7.99. The van der Waals surface area contributed by atoms with Crippen molar-refractivity contribution < 1.29 is 9.53 Å². The predicted molar refractivity (Wildman–Crippen MR) is 72.4 cm³/mol. The fourth-order valence-corrected chi connectivity index (χ4v) is 1.96. The minimum Gasteiger partial charge on any atom is -0.378 e. The number of thioether (sulfide) groups is 1. The maximum atomic E-state index is 11.5. The van der Waals surface area contributed by atoms with Crippen molar-refractivity contribution in [3.8, 4) is 0 Å². The molecule has 0 saturated carbocycles. The van der Waals surface area contributed by atoms with E-state index in [4.69, 9.17) is 4.74 Å². The third-order valence-electron chi connectivity index (χ3n) is 2.96. The summed E-state index contributed by atoms with van der Waals surface area (Å²) in [6, 6.07) is 0. The number of hydrogen-bond acceptors (Lipinski definition) is 4. The topological polar surface area (TPSA) is 50.4 Å². The molecule has 100 valence electrons. The molecule has 1 unspecified atom stereocenters. The number of carbonyl (C=O) groups excluding carboxylic acids is 1. The molecular formula is C12H24N2O2S. The lowest BCUT2D eigenvalue weighted by molar-refractivity contribution is -0.122. The Bertz CT molecular complexity index is 221. The van der Waals surface area contributed by atoms with Crippen molar-refractivity contribution in [3.63, 3.8) is 0 Å². The minimum atomic E-state index is 0.0971. The van der Waals surface area contributed by atoms with Gasteiger partial charge < -0.3 is 15.4 Å². The smallest absolute Gasteiger partial charge is 0.222 e. The molecule has 1 heterocycles. The summed E-state index contributed by atoms with van der Waals surface area (Å²) in [5, 5.41) is 6.69. The number of nitrogens with one attached hydrogen (secondary N) is 2. The van der Waals surface area contributed by atoms with Gasteiger partial charge in [0.2, 0.25) is 5.91 Å². The van der Waals surface area contributed by atoms with Gasteiger partial charge in [-0.15, -0.1) is 0 Å². The van der Waals surface area contributed by atoms with Gasteiger partial charge in [-0.2, -0.15) is 11.8 Å². The average molecular weight is 260 g/mol. The summed E-state index contributed by atoms with van der Waals surface area (Å²) in [4.78, 5) is 11.5. The van der Waals surface area contributed by atoms with E-state index in [2.05, 4.69) is 23.8 Å². The van der Waals surface area contributed by atoms with Crippen LogP contribution in [0, 0.1) is 0 Å². The first-order valence-electron chi connectivity index (χ1n) is 6.34. The maximum Gasteiger partial charge on any atom is 0.222 e. The van der Waals surface area contributed by atoms with Gasteiger partial charge in [0.25, 0.3) is 0 Å². The third kappa shape index (κ3) is 6.91. The van der Waals surface area contributed by atoms with E-state index >= 15 is 0 Å². The molecule has 1 atom stereocenters. The molecule has 1 aliphatic rings. The molecule has 2 N–H and O–H groups in total. The van der Waals surface area contributed by atoms with E-state index in [0.29, 0.717) is 24.4 Å². The lowest BCUT2D eigenvalue weighted by Crippen LogP contribution is -2.34. The first-order valence-corrected chi connectivity index (χ1v) is 7.63. The first kappa shape index (κ1) is 14.8. The number of rotatable bonds is 7. The van der Waals surface area contributed by atoms with Gasteiger partial charge in [-0.05, 0) is 32.2 Å². The van der Waals surface area contributed by atoms with E-state index in [0.717, 1.165) is 32.5 Å². The number of hydrogen-bond donors (Lipinski definition) is 2. The molecule has 0 aromatic heterocycles. The Morgan fingerprint density at radius 1 is 1.53 bits per heavy atom. The van der Waals surface area contributed by atoms with E-state index < -0.39 is 0 Å². The number of amides is 1. The van der Waals surface area contributed by atoms with Crippen molar-refractivity contribution in [3.05, 3.63) is 0 Å². The third-order valence-corrected chi connectivity index (χ3v) is 3.93. The lowest BCUT2D eigenvalue weighted by atomic mass is 10.1. The standard InChI is InChI=1S/C12H24N2O2S/c1-10(17-2)9-14-12(15)5-8-16-11-3-6-13-7-4-11/h10-11,13H,3-9H2,1-2H3,(H,14,15). The van der Waals surface area contributed by atoms with Crippen LogP contribution >= 0.6 is 11.8 Å². The van der Waals surface area contributed by atoms with E-state index in [1.54, 1.807) is 11.8 Å². The molecule has 5 heteroatoms. The summed E-state index contributed by atoms with van der Waals surface area (Å²) in [5.74, 6) is 0.0971. The summed E-state index contributed by atoms with van der Waals surface area (Å²) >= 11 is 1.76. The maximum absolute atomic E-state index is 11.5. The highest BCUT2D eigenvalue weighted by Crippen LogP contribution is 2.07. The van der Waals surface area contributed by atoms with E-state index in [1.165, 1.54) is 0 Å². The van der Waals surface area contributed by atoms with Gasteiger partial charge >= 0.3 is 0 Å². The molecule has 0 spiro atoms. The highest BCUT2D eigenvalue weighted by atomic mass is 32.2. The summed E-state index contributed by atoms with van der Waals surface area (Å²) in [5.41, 5.74) is 0. The van der Waals surface area contributed by atoms with E-state index in [-0.39, 0.29) is 5.91 Å². The summed E-state index contributed by atoms with van der Waals surface area (Å²) in [6.07, 6.45) is 4.99. The second-order valence-electron chi connectivity index (χ2n) is 4.42. The fourth-order valence-electron chi connectivity index (χ4n) is 1.71. The van der Waals surface area contributed by atoms with Crippen LogP contribution in [0.25, 0.3) is 0 Å². The van der Waals surface area contributed by atoms with Gasteiger partial charge in [0.05, 0.1) is 12.7 Å². The molecule has 1 saturated heterocycles. The predicted octanol–water partition coefficient (Wildman–Crippen LogP) is 1.01. The largest absolute Gasteiger partial charge is 0.378 e. The summed E-state index contributed by atoms with van der Waals surface area (Å²) < 4.78 is 5.68. The molecule has 4 nitrogen and oxygen atoms in total. The van der Waals surface area contributed by atoms with Gasteiger partial charge in [0.1, 0.15) is 0 Å². The molecule has 1 fully saturated rings. The molecular weight excluding hydrogens is 236 g/mol. The zero-order chi connectivity index (χ0) is 12.5. The SMILES string of the molecule is CSC(C)CNC(=O)CCOC1CCNCC1. The van der Waals surface area contributed by atoms with Crippen LogP contribution in [0.5, 0.6) is 0 Å². The number of piperidine rings is 1. The normalized spacial score (nSPS) is 18.9. The van der Waals surface area contributed by atoms with Crippen molar-refractivity contribution in [2.45, 2.75) is 37.5 Å². The van der Waals surface area contributed by atoms with Crippen LogP contribution in [0.1, 0.15) is 26.2 Å². The second-order valence-corrected chi connectivity index (χ2v) is 5.70. The summed E-state index contributed by atoms with van der Waals surface area (Å²) in [7, 11) is 0. The van der Waals surface area contributed by atoms with Crippen molar-refractivity contribution in [2.24, 2.45) is 0 Å². The van der Waals surface area contributed by atoms with Gasteiger partial charge in [0.15, 0.2) is 0 Å². The van der Waals surface area contributed by atoms with Gasteiger partial charge in [-0.3, -0.25) is 4.79 Å². The molecule has 17 heavy (non-hydrogen) atoms. The minimum absolute atomic E-state index is 0.0971. The Morgan fingerprint density at radius 2 is 2.24 bits per heavy atom. The van der Waals surface area contributed by atoms with Crippen LogP contribution in [0.15, 0.2) is 0 Å². The quantitative estimate of drug-likeness (QED) is 0.717. The lowest BCUT2D eigenvalue weighted by Gasteiger charge is -2.22. The molecule has 0 aromatic rings. The molecule has 0 aromatic carbocycles. The van der Waals surface area contributed by atoms with Crippen LogP contribution in [0.2, 0.25) is 0 Å². The molecule has 1 aliphatic heterocycles. The van der Waals surface area contributed by atoms with E-state index in [1.807, 2.05) is 0 Å². The van der Waals surface area contributed by atoms with Crippen molar-refractivity contribution in [1.82, 2.24) is 10.6 Å². The molecule has 1 rings (SSSR count). The van der Waals surface area contributed by atoms with Gasteiger partial charge in [-0.25, -0.2) is 0 Å². The van der Waals surface area contributed by atoms with Crippen LogP contribution in [-0.4, -0.2) is 49.8 Å². The zero-order valence-electron chi connectivity index (χ0n) is 10.8. The highest BCUT2D eigenvalue weighted by Gasteiger charge is 2.13. The Morgan fingerprint density at radius 3 is 2.88 bits per heavy atom. The van der Waals surface area contributed by atoms with Crippen LogP contribution in [-0.2, 0) is 9.53 Å². The Kier molecular flexibility index (Phi) is 7.64. The van der Waals surface area contributed by atoms with E-state index in [9.17, 15) is 4.79 Å². The second kappa shape index (κ2) is 8.78. The molecule has 0 aliphatic carbocycles. The van der Waals surface area contributed by atoms with Crippen LogP contribution in [0.3, 0.4) is 0 Å². The zero-order valence-corrected chi connectivity index (χ0v) is 11.6. The van der Waals surface area contributed by atoms with Gasteiger partial charge in [-0.1, -0.05) is 6.92 Å². The molecule has 0 radical (unpaired) electrons. The first-order chi connectivity index (χ1) is 8.22. The Labute approximate surface area is 108 Å². The summed E-state index contributed by atoms with van der Waals surface area (Å²) in [6.45, 7) is 5.46. The van der Waals surface area contributed by atoms with Crippen molar-refractivity contribution >= 4 is 17.7 Å². The molecule has 0 bridgehead atoms. The number of carbonyl (C=O) groups is 1. The van der Waals surface area contributed by atoms with Crippen molar-refractivity contribution in [2.75, 3.05) is 32.5 Å². The Balaban J connectivity index is 1.99.